The Morgan fingerprint density at radius 2 is 1.69 bits per heavy atom. The van der Waals surface area contributed by atoms with E-state index in [0.29, 0.717) is 22.9 Å². The van der Waals surface area contributed by atoms with E-state index in [9.17, 15) is 13.2 Å². The first kappa shape index (κ1) is 20.8. The smallest absolute Gasteiger partial charge is 0.414 e. The number of carbonyl (C=O) groups excluding carboxylic acids is 1. The number of amides is 1. The maximum Gasteiger partial charge on any atom is 0.414 e. The predicted octanol–water partition coefficient (Wildman–Crippen LogP) is 4.96. The Morgan fingerprint density at radius 3 is 2.38 bits per heavy atom. The number of halogens is 3. The molecular formula is C19H17Cl3N2O4S. The molecule has 0 spiro atoms. The topological polar surface area (TPSA) is 66.9 Å². The lowest BCUT2D eigenvalue weighted by molar-refractivity contribution is 0.136. The molecule has 10 heteroatoms. The molecule has 1 amide bonds. The van der Waals surface area contributed by atoms with Gasteiger partial charge in [0.05, 0.1) is 20.6 Å². The number of sulfonamides is 1. The van der Waals surface area contributed by atoms with Crippen LogP contribution in [-0.2, 0) is 21.4 Å². The van der Waals surface area contributed by atoms with Crippen LogP contribution in [0.5, 0.6) is 0 Å². The van der Waals surface area contributed by atoms with E-state index in [1.807, 2.05) is 0 Å². The zero-order valence-electron chi connectivity index (χ0n) is 15.1. The van der Waals surface area contributed by atoms with Crippen LogP contribution in [0.2, 0.25) is 15.1 Å². The first-order valence-electron chi connectivity index (χ1n) is 8.97. The molecule has 0 saturated carbocycles. The monoisotopic (exact) mass is 474 g/mol. The van der Waals surface area contributed by atoms with Crippen molar-refractivity contribution >= 4 is 56.6 Å². The van der Waals surface area contributed by atoms with Crippen molar-refractivity contribution in [2.24, 2.45) is 0 Å². The fourth-order valence-corrected chi connectivity index (χ4v) is 5.74. The van der Waals surface area contributed by atoms with E-state index in [4.69, 9.17) is 39.5 Å². The number of benzene rings is 2. The Balaban J connectivity index is 1.52. The van der Waals surface area contributed by atoms with Gasteiger partial charge in [0.1, 0.15) is 6.61 Å². The molecule has 2 heterocycles. The van der Waals surface area contributed by atoms with E-state index in [1.54, 1.807) is 23.1 Å². The Kier molecular flexibility index (Phi) is 5.70. The van der Waals surface area contributed by atoms with Gasteiger partial charge in [-0.05, 0) is 49.2 Å². The van der Waals surface area contributed by atoms with Crippen LogP contribution in [0.4, 0.5) is 10.5 Å². The molecule has 0 atom stereocenters. The SMILES string of the molecule is O=C1OCc2cc(Cl)ccc2N1C1CCN(S(=O)(=O)c2ccc(Cl)c(Cl)c2)CC1. The second-order valence-electron chi connectivity index (χ2n) is 6.91. The summed E-state index contributed by atoms with van der Waals surface area (Å²) < 4.78 is 32.6. The largest absolute Gasteiger partial charge is 0.444 e. The first-order chi connectivity index (χ1) is 13.8. The molecule has 29 heavy (non-hydrogen) atoms. The number of hydrogen-bond donors (Lipinski definition) is 0. The zero-order valence-corrected chi connectivity index (χ0v) is 18.2. The maximum atomic E-state index is 12.9. The molecule has 2 aromatic carbocycles. The van der Waals surface area contributed by atoms with Crippen molar-refractivity contribution in [1.29, 1.82) is 0 Å². The van der Waals surface area contributed by atoms with Crippen molar-refractivity contribution in [2.45, 2.75) is 30.4 Å². The van der Waals surface area contributed by atoms with Crippen molar-refractivity contribution in [1.82, 2.24) is 4.31 Å². The third-order valence-electron chi connectivity index (χ3n) is 5.17. The van der Waals surface area contributed by atoms with Crippen LogP contribution in [0.3, 0.4) is 0 Å². The molecule has 0 N–H and O–H groups in total. The Hall–Kier alpha value is -1.51. The Morgan fingerprint density at radius 1 is 0.966 bits per heavy atom. The third-order valence-corrected chi connectivity index (χ3v) is 8.04. The molecule has 1 saturated heterocycles. The summed E-state index contributed by atoms with van der Waals surface area (Å²) in [5, 5.41) is 1.06. The minimum Gasteiger partial charge on any atom is -0.444 e. The molecule has 4 rings (SSSR count). The molecule has 2 aromatic rings. The van der Waals surface area contributed by atoms with E-state index in [1.165, 1.54) is 22.5 Å². The molecule has 0 aliphatic carbocycles. The molecule has 0 unspecified atom stereocenters. The Labute approximate surface area is 183 Å². The fraction of sp³-hybridized carbons (Fsp3) is 0.316. The molecule has 0 radical (unpaired) electrons. The molecule has 0 bridgehead atoms. The summed E-state index contributed by atoms with van der Waals surface area (Å²) in [4.78, 5) is 14.1. The van der Waals surface area contributed by atoms with Crippen LogP contribution in [0, 0.1) is 0 Å². The molecule has 2 aliphatic rings. The highest BCUT2D eigenvalue weighted by molar-refractivity contribution is 7.89. The van der Waals surface area contributed by atoms with Gasteiger partial charge in [-0.3, -0.25) is 4.90 Å². The maximum absolute atomic E-state index is 12.9. The average Bonchev–Trinajstić information content (AvgIpc) is 2.70. The van der Waals surface area contributed by atoms with Gasteiger partial charge < -0.3 is 4.74 Å². The summed E-state index contributed by atoms with van der Waals surface area (Å²) in [5.74, 6) is 0. The molecule has 1 fully saturated rings. The highest BCUT2D eigenvalue weighted by Crippen LogP contribution is 2.35. The lowest BCUT2D eigenvalue weighted by Gasteiger charge is -2.39. The Bertz CT molecular complexity index is 1070. The number of nitrogens with zero attached hydrogens (tertiary/aromatic N) is 2. The molecule has 6 nitrogen and oxygen atoms in total. The van der Waals surface area contributed by atoms with Crippen LogP contribution in [-0.4, -0.2) is 37.9 Å². The predicted molar refractivity (Wildman–Crippen MR) is 112 cm³/mol. The molecule has 154 valence electrons. The van der Waals surface area contributed by atoms with Crippen LogP contribution >= 0.6 is 34.8 Å². The lowest BCUT2D eigenvalue weighted by atomic mass is 10.0. The number of cyclic esters (lactones) is 1. The second kappa shape index (κ2) is 7.96. The van der Waals surface area contributed by atoms with Gasteiger partial charge in [0.25, 0.3) is 0 Å². The highest BCUT2D eigenvalue weighted by Gasteiger charge is 2.37. The van der Waals surface area contributed by atoms with Crippen molar-refractivity contribution in [3.8, 4) is 0 Å². The van der Waals surface area contributed by atoms with Gasteiger partial charge in [0.2, 0.25) is 10.0 Å². The normalized spacial score (nSPS) is 18.4. The van der Waals surface area contributed by atoms with E-state index in [0.717, 1.165) is 11.3 Å². The van der Waals surface area contributed by atoms with Crippen molar-refractivity contribution in [3.05, 3.63) is 57.0 Å². The summed E-state index contributed by atoms with van der Waals surface area (Å²) in [7, 11) is -3.70. The first-order valence-corrected chi connectivity index (χ1v) is 11.5. The zero-order chi connectivity index (χ0) is 20.8. The minimum absolute atomic E-state index is 0.0997. The van der Waals surface area contributed by atoms with E-state index >= 15 is 0 Å². The second-order valence-corrected chi connectivity index (χ2v) is 10.1. The highest BCUT2D eigenvalue weighted by atomic mass is 35.5. The summed E-state index contributed by atoms with van der Waals surface area (Å²) >= 11 is 17.9. The van der Waals surface area contributed by atoms with Gasteiger partial charge in [-0.25, -0.2) is 13.2 Å². The van der Waals surface area contributed by atoms with Crippen LogP contribution in [0.1, 0.15) is 18.4 Å². The van der Waals surface area contributed by atoms with Gasteiger partial charge in [-0.2, -0.15) is 4.31 Å². The standard InChI is InChI=1S/C19H17Cl3N2O4S/c20-13-1-4-18-12(9-13)11-28-19(25)24(18)14-5-7-23(8-6-14)29(26,27)15-2-3-16(21)17(22)10-15/h1-4,9-10,14H,5-8,11H2. The number of fused-ring (bicyclic) bond motifs is 1. The van der Waals surface area contributed by atoms with Crippen LogP contribution in [0.15, 0.2) is 41.3 Å². The summed E-state index contributed by atoms with van der Waals surface area (Å²) in [6, 6.07) is 9.41. The average molecular weight is 476 g/mol. The number of rotatable bonds is 3. The van der Waals surface area contributed by atoms with Crippen molar-refractivity contribution < 1.29 is 17.9 Å². The number of carbonyl (C=O) groups is 1. The van der Waals surface area contributed by atoms with Gasteiger partial charge in [-0.1, -0.05) is 34.8 Å². The van der Waals surface area contributed by atoms with Gasteiger partial charge in [-0.15, -0.1) is 0 Å². The molecule has 2 aliphatic heterocycles. The van der Waals surface area contributed by atoms with Gasteiger partial charge in [0.15, 0.2) is 0 Å². The third kappa shape index (κ3) is 3.94. The molecule has 0 aromatic heterocycles. The van der Waals surface area contributed by atoms with E-state index in [2.05, 4.69) is 0 Å². The summed E-state index contributed by atoms with van der Waals surface area (Å²) in [6.45, 7) is 0.732. The number of piperidine rings is 1. The van der Waals surface area contributed by atoms with Crippen molar-refractivity contribution in [3.63, 3.8) is 0 Å². The minimum atomic E-state index is -3.70. The number of ether oxygens (including phenoxy) is 1. The number of anilines is 1. The van der Waals surface area contributed by atoms with E-state index in [-0.39, 0.29) is 35.7 Å². The van der Waals surface area contributed by atoms with Crippen LogP contribution < -0.4 is 4.90 Å². The fourth-order valence-electron chi connectivity index (χ4n) is 3.68. The van der Waals surface area contributed by atoms with Gasteiger partial charge in [0, 0.05) is 29.7 Å². The quantitative estimate of drug-likeness (QED) is 0.629. The summed E-state index contributed by atoms with van der Waals surface area (Å²) in [5.41, 5.74) is 1.60. The lowest BCUT2D eigenvalue weighted by Crippen LogP contribution is -2.50. The van der Waals surface area contributed by atoms with Crippen LogP contribution in [0.25, 0.3) is 0 Å². The van der Waals surface area contributed by atoms with E-state index < -0.39 is 16.1 Å². The number of hydrogen-bond acceptors (Lipinski definition) is 4. The van der Waals surface area contributed by atoms with Gasteiger partial charge >= 0.3 is 6.09 Å². The molecular weight excluding hydrogens is 459 g/mol. The summed E-state index contributed by atoms with van der Waals surface area (Å²) in [6.07, 6.45) is 0.542. The van der Waals surface area contributed by atoms with Crippen molar-refractivity contribution in [2.75, 3.05) is 18.0 Å².